The van der Waals surface area contributed by atoms with Gasteiger partial charge in [0.15, 0.2) is 0 Å². The lowest BCUT2D eigenvalue weighted by Crippen LogP contribution is -2.39. The molecule has 0 radical (unpaired) electrons. The first-order chi connectivity index (χ1) is 10.0. The predicted octanol–water partition coefficient (Wildman–Crippen LogP) is 1.02. The SMILES string of the molecule is CCCN1C(=O)CC(NCCCn2nc(C)cc2C)C1=O. The molecule has 0 saturated carbocycles. The zero-order valence-corrected chi connectivity index (χ0v) is 13.1. The molecule has 116 valence electrons. The smallest absolute Gasteiger partial charge is 0.246 e. The highest BCUT2D eigenvalue weighted by molar-refractivity contribution is 6.05. The first-order valence-electron chi connectivity index (χ1n) is 7.61. The van der Waals surface area contributed by atoms with E-state index in [0.717, 1.165) is 30.8 Å². The van der Waals surface area contributed by atoms with Crippen LogP contribution in [0.1, 0.15) is 37.6 Å². The highest BCUT2D eigenvalue weighted by Gasteiger charge is 2.37. The van der Waals surface area contributed by atoms with Crippen LogP contribution < -0.4 is 5.32 Å². The van der Waals surface area contributed by atoms with E-state index >= 15 is 0 Å². The number of hydrogen-bond acceptors (Lipinski definition) is 4. The number of aromatic nitrogens is 2. The third-order valence-electron chi connectivity index (χ3n) is 3.73. The summed E-state index contributed by atoms with van der Waals surface area (Å²) in [5.74, 6) is -0.133. The van der Waals surface area contributed by atoms with Gasteiger partial charge in [-0.1, -0.05) is 6.92 Å². The summed E-state index contributed by atoms with van der Waals surface area (Å²) in [6, 6.07) is 1.71. The third-order valence-corrected chi connectivity index (χ3v) is 3.73. The Morgan fingerprint density at radius 1 is 1.33 bits per heavy atom. The molecule has 0 aromatic carbocycles. The van der Waals surface area contributed by atoms with Crippen LogP contribution in [0.15, 0.2) is 6.07 Å². The van der Waals surface area contributed by atoms with Gasteiger partial charge in [-0.15, -0.1) is 0 Å². The fourth-order valence-corrected chi connectivity index (χ4v) is 2.71. The van der Waals surface area contributed by atoms with E-state index < -0.39 is 0 Å². The molecule has 21 heavy (non-hydrogen) atoms. The lowest BCUT2D eigenvalue weighted by Gasteiger charge is -2.14. The Morgan fingerprint density at radius 3 is 2.71 bits per heavy atom. The van der Waals surface area contributed by atoms with Crippen LogP contribution in [0, 0.1) is 13.8 Å². The zero-order valence-electron chi connectivity index (χ0n) is 13.1. The molecule has 1 atom stereocenters. The largest absolute Gasteiger partial charge is 0.305 e. The van der Waals surface area contributed by atoms with Gasteiger partial charge in [-0.3, -0.25) is 19.2 Å². The Hall–Kier alpha value is -1.69. The molecule has 1 aromatic rings. The summed E-state index contributed by atoms with van der Waals surface area (Å²) in [5, 5.41) is 7.60. The molecule has 6 nitrogen and oxygen atoms in total. The molecule has 2 heterocycles. The van der Waals surface area contributed by atoms with E-state index in [4.69, 9.17) is 0 Å². The molecule has 1 aromatic heterocycles. The van der Waals surface area contributed by atoms with Gasteiger partial charge in [0.05, 0.1) is 18.2 Å². The molecule has 1 saturated heterocycles. The van der Waals surface area contributed by atoms with Crippen LogP contribution in [-0.2, 0) is 16.1 Å². The van der Waals surface area contributed by atoms with E-state index in [1.54, 1.807) is 0 Å². The summed E-state index contributed by atoms with van der Waals surface area (Å²) in [4.78, 5) is 25.2. The molecule has 0 bridgehead atoms. The molecule has 1 aliphatic heterocycles. The Kier molecular flexibility index (Phi) is 5.12. The maximum atomic E-state index is 12.1. The van der Waals surface area contributed by atoms with Gasteiger partial charge in [-0.2, -0.15) is 5.10 Å². The Balaban J connectivity index is 1.75. The topological polar surface area (TPSA) is 67.2 Å². The second-order valence-corrected chi connectivity index (χ2v) is 5.60. The van der Waals surface area contributed by atoms with Gasteiger partial charge in [-0.05, 0) is 39.3 Å². The van der Waals surface area contributed by atoms with Crippen LogP contribution in [0.25, 0.3) is 0 Å². The Bertz CT molecular complexity index is 524. The van der Waals surface area contributed by atoms with Gasteiger partial charge < -0.3 is 5.32 Å². The summed E-state index contributed by atoms with van der Waals surface area (Å²) in [7, 11) is 0. The maximum absolute atomic E-state index is 12.1. The van der Waals surface area contributed by atoms with Crippen molar-refractivity contribution in [2.45, 2.75) is 52.6 Å². The normalized spacial score (nSPS) is 18.8. The summed E-state index contributed by atoms with van der Waals surface area (Å²) in [6.07, 6.45) is 1.98. The summed E-state index contributed by atoms with van der Waals surface area (Å²) >= 11 is 0. The molecular formula is C15H24N4O2. The van der Waals surface area contributed by atoms with Crippen LogP contribution in [-0.4, -0.2) is 45.6 Å². The quantitative estimate of drug-likeness (QED) is 0.602. The standard InChI is InChI=1S/C15H24N4O2/c1-4-7-18-14(20)10-13(15(18)21)16-6-5-8-19-12(3)9-11(2)17-19/h9,13,16H,4-8,10H2,1-3H3. The van der Waals surface area contributed by atoms with Crippen LogP contribution in [0.3, 0.4) is 0 Å². The van der Waals surface area contributed by atoms with Crippen molar-refractivity contribution in [2.75, 3.05) is 13.1 Å². The average molecular weight is 292 g/mol. The molecule has 6 heteroatoms. The second kappa shape index (κ2) is 6.85. The summed E-state index contributed by atoms with van der Waals surface area (Å²) in [5.41, 5.74) is 2.17. The number of nitrogens with zero attached hydrogens (tertiary/aromatic N) is 3. The minimum atomic E-state index is -0.343. The first kappa shape index (κ1) is 15.7. The number of likely N-dealkylation sites (tertiary alicyclic amines) is 1. The number of amides is 2. The van der Waals surface area contributed by atoms with Gasteiger partial charge in [0, 0.05) is 18.8 Å². The monoisotopic (exact) mass is 292 g/mol. The van der Waals surface area contributed by atoms with Crippen molar-refractivity contribution in [1.82, 2.24) is 20.0 Å². The number of nitrogens with one attached hydrogen (secondary N) is 1. The summed E-state index contributed by atoms with van der Waals surface area (Å²) < 4.78 is 1.97. The second-order valence-electron chi connectivity index (χ2n) is 5.60. The van der Waals surface area contributed by atoms with Crippen LogP contribution in [0.2, 0.25) is 0 Å². The van der Waals surface area contributed by atoms with Crippen LogP contribution >= 0.6 is 0 Å². The minimum Gasteiger partial charge on any atom is -0.305 e. The van der Waals surface area contributed by atoms with Crippen LogP contribution in [0.4, 0.5) is 0 Å². The Morgan fingerprint density at radius 2 is 2.10 bits per heavy atom. The van der Waals surface area contributed by atoms with E-state index in [-0.39, 0.29) is 17.9 Å². The first-order valence-corrected chi connectivity index (χ1v) is 7.61. The number of carbonyl (C=O) groups excluding carboxylic acids is 2. The maximum Gasteiger partial charge on any atom is 0.246 e. The van der Waals surface area contributed by atoms with E-state index in [9.17, 15) is 9.59 Å². The molecular weight excluding hydrogens is 268 g/mol. The van der Waals surface area contributed by atoms with E-state index in [1.807, 2.05) is 25.5 Å². The predicted molar refractivity (Wildman–Crippen MR) is 79.7 cm³/mol. The van der Waals surface area contributed by atoms with E-state index in [1.165, 1.54) is 4.90 Å². The van der Waals surface area contributed by atoms with Crippen molar-refractivity contribution in [2.24, 2.45) is 0 Å². The lowest BCUT2D eigenvalue weighted by atomic mass is 10.2. The number of imide groups is 1. The molecule has 0 spiro atoms. The zero-order chi connectivity index (χ0) is 15.4. The molecule has 1 fully saturated rings. The highest BCUT2D eigenvalue weighted by Crippen LogP contribution is 2.13. The number of rotatable bonds is 7. The van der Waals surface area contributed by atoms with Gasteiger partial charge in [0.25, 0.3) is 0 Å². The van der Waals surface area contributed by atoms with Gasteiger partial charge in [-0.25, -0.2) is 0 Å². The van der Waals surface area contributed by atoms with E-state index in [2.05, 4.69) is 16.5 Å². The molecule has 1 aliphatic rings. The fourth-order valence-electron chi connectivity index (χ4n) is 2.71. The summed E-state index contributed by atoms with van der Waals surface area (Å²) in [6.45, 7) is 8.04. The lowest BCUT2D eigenvalue weighted by molar-refractivity contribution is -0.138. The van der Waals surface area contributed by atoms with E-state index in [0.29, 0.717) is 19.5 Å². The van der Waals surface area contributed by atoms with Gasteiger partial charge in [0.2, 0.25) is 11.8 Å². The molecule has 1 unspecified atom stereocenters. The van der Waals surface area contributed by atoms with Crippen molar-refractivity contribution in [1.29, 1.82) is 0 Å². The number of carbonyl (C=O) groups is 2. The fraction of sp³-hybridized carbons (Fsp3) is 0.667. The molecule has 1 N–H and O–H groups in total. The number of hydrogen-bond donors (Lipinski definition) is 1. The third kappa shape index (κ3) is 3.69. The van der Waals surface area contributed by atoms with Crippen molar-refractivity contribution < 1.29 is 9.59 Å². The van der Waals surface area contributed by atoms with Gasteiger partial charge >= 0.3 is 0 Å². The Labute approximate surface area is 125 Å². The van der Waals surface area contributed by atoms with Crippen molar-refractivity contribution in [3.63, 3.8) is 0 Å². The van der Waals surface area contributed by atoms with Crippen molar-refractivity contribution in [3.8, 4) is 0 Å². The molecule has 2 rings (SSSR count). The highest BCUT2D eigenvalue weighted by atomic mass is 16.2. The van der Waals surface area contributed by atoms with Gasteiger partial charge in [0.1, 0.15) is 0 Å². The number of aryl methyl sites for hydroxylation is 3. The average Bonchev–Trinajstić information content (AvgIpc) is 2.89. The van der Waals surface area contributed by atoms with Crippen molar-refractivity contribution >= 4 is 11.8 Å². The molecule has 0 aliphatic carbocycles. The van der Waals surface area contributed by atoms with Crippen molar-refractivity contribution in [3.05, 3.63) is 17.5 Å². The van der Waals surface area contributed by atoms with Crippen LogP contribution in [0.5, 0.6) is 0 Å². The molecule has 2 amide bonds. The minimum absolute atomic E-state index is 0.0575.